The van der Waals surface area contributed by atoms with Crippen LogP contribution < -0.4 is 0 Å². The summed E-state index contributed by atoms with van der Waals surface area (Å²) < 4.78 is 0. The molecule has 0 radical (unpaired) electrons. The molecule has 3 nitrogen and oxygen atoms in total. The van der Waals surface area contributed by atoms with Gasteiger partial charge < -0.3 is 5.11 Å². The largest absolute Gasteiger partial charge is 0.392 e. The number of nitrogens with zero attached hydrogens (tertiary/aromatic N) is 2. The summed E-state index contributed by atoms with van der Waals surface area (Å²) in [5.41, 5.74) is 1.10. The molecule has 0 saturated heterocycles. The van der Waals surface area contributed by atoms with Gasteiger partial charge in [-0.25, -0.2) is 4.98 Å². The predicted molar refractivity (Wildman–Crippen MR) is 80.5 cm³/mol. The van der Waals surface area contributed by atoms with Gasteiger partial charge >= 0.3 is 0 Å². The number of aliphatic hydroxyl groups excluding tert-OH is 1. The lowest BCUT2D eigenvalue weighted by atomic mass is 10.2. The van der Waals surface area contributed by atoms with Gasteiger partial charge in [0.2, 0.25) is 0 Å². The van der Waals surface area contributed by atoms with Crippen molar-refractivity contribution in [1.82, 2.24) is 9.88 Å². The Morgan fingerprint density at radius 1 is 1.47 bits per heavy atom. The van der Waals surface area contributed by atoms with Crippen molar-refractivity contribution in [2.75, 3.05) is 13.6 Å². The third kappa shape index (κ3) is 3.42. The van der Waals surface area contributed by atoms with Crippen LogP contribution in [0.4, 0.5) is 0 Å². The Balaban J connectivity index is 1.57. The third-order valence-electron chi connectivity index (χ3n) is 3.38. The topological polar surface area (TPSA) is 36.4 Å². The van der Waals surface area contributed by atoms with Crippen molar-refractivity contribution in [1.29, 1.82) is 0 Å². The van der Waals surface area contributed by atoms with Crippen molar-refractivity contribution < 1.29 is 5.11 Å². The molecule has 1 saturated carbocycles. The maximum absolute atomic E-state index is 9.94. The van der Waals surface area contributed by atoms with Gasteiger partial charge in [-0.3, -0.25) is 4.90 Å². The summed E-state index contributed by atoms with van der Waals surface area (Å²) >= 11 is 3.42. The van der Waals surface area contributed by atoms with Gasteiger partial charge in [-0.2, -0.15) is 0 Å². The summed E-state index contributed by atoms with van der Waals surface area (Å²) in [5.74, 6) is 0.541. The minimum atomic E-state index is -0.166. The Kier molecular flexibility index (Phi) is 3.98. The number of rotatable bonds is 6. The van der Waals surface area contributed by atoms with Crippen LogP contribution >= 0.6 is 22.7 Å². The fourth-order valence-corrected chi connectivity index (χ4v) is 3.81. The Hall–Kier alpha value is -0.750. The van der Waals surface area contributed by atoms with E-state index in [4.69, 9.17) is 0 Å². The Morgan fingerprint density at radius 3 is 3.00 bits per heavy atom. The summed E-state index contributed by atoms with van der Waals surface area (Å²) in [4.78, 5) is 8.06. The molecule has 1 fully saturated rings. The molecule has 0 aliphatic heterocycles. The van der Waals surface area contributed by atoms with Crippen molar-refractivity contribution in [3.63, 3.8) is 0 Å². The smallest absolute Gasteiger partial charge is 0.133 e. The molecule has 0 spiro atoms. The first-order chi connectivity index (χ1) is 9.22. The molecule has 2 aromatic rings. The lowest BCUT2D eigenvalue weighted by molar-refractivity contribution is 0.104. The van der Waals surface area contributed by atoms with Crippen molar-refractivity contribution in [3.8, 4) is 9.88 Å². The Bertz CT molecular complexity index is 519. The van der Waals surface area contributed by atoms with Crippen molar-refractivity contribution in [2.24, 2.45) is 5.92 Å². The molecule has 1 aliphatic rings. The fourth-order valence-electron chi connectivity index (χ4n) is 2.18. The van der Waals surface area contributed by atoms with E-state index in [1.54, 1.807) is 22.7 Å². The zero-order valence-electron chi connectivity index (χ0n) is 11.0. The maximum Gasteiger partial charge on any atom is 0.133 e. The van der Waals surface area contributed by atoms with Crippen molar-refractivity contribution in [3.05, 3.63) is 28.6 Å². The van der Waals surface area contributed by atoms with Gasteiger partial charge in [0, 0.05) is 18.5 Å². The molecule has 102 valence electrons. The van der Waals surface area contributed by atoms with Gasteiger partial charge in [0.05, 0.1) is 16.7 Å². The zero-order chi connectivity index (χ0) is 13.2. The Morgan fingerprint density at radius 2 is 2.32 bits per heavy atom. The number of aliphatic hydroxyl groups is 1. The molecule has 2 aromatic heterocycles. The van der Waals surface area contributed by atoms with Crippen LogP contribution in [0.5, 0.6) is 0 Å². The van der Waals surface area contributed by atoms with E-state index in [2.05, 4.69) is 39.8 Å². The molecule has 3 rings (SSSR count). The third-order valence-corrected chi connectivity index (χ3v) is 5.31. The summed E-state index contributed by atoms with van der Waals surface area (Å²) in [7, 11) is 2.05. The minimum Gasteiger partial charge on any atom is -0.392 e. The molecule has 19 heavy (non-hydrogen) atoms. The second-order valence-electron chi connectivity index (χ2n) is 5.22. The van der Waals surface area contributed by atoms with Crippen LogP contribution in [0.1, 0.15) is 18.5 Å². The number of hydrogen-bond acceptors (Lipinski definition) is 5. The molecular weight excluding hydrogens is 276 g/mol. The van der Waals surface area contributed by atoms with E-state index in [9.17, 15) is 5.11 Å². The second kappa shape index (κ2) is 5.71. The molecular formula is C14H18N2OS2. The summed E-state index contributed by atoms with van der Waals surface area (Å²) in [6.07, 6.45) is 2.21. The lowest BCUT2D eigenvalue weighted by Crippen LogP contribution is -2.30. The number of thiophene rings is 1. The van der Waals surface area contributed by atoms with Crippen LogP contribution in [-0.2, 0) is 6.54 Å². The second-order valence-corrected chi connectivity index (χ2v) is 7.03. The SMILES string of the molecule is CN(Cc1csc(-c2cccs2)n1)CC(O)C1CC1. The average Bonchev–Trinajstić information content (AvgIpc) is 2.89. The number of hydrogen-bond donors (Lipinski definition) is 1. The van der Waals surface area contributed by atoms with Gasteiger partial charge in [0.15, 0.2) is 0 Å². The van der Waals surface area contributed by atoms with Gasteiger partial charge in [0.1, 0.15) is 5.01 Å². The first-order valence-electron chi connectivity index (χ1n) is 6.57. The molecule has 2 heterocycles. The Labute approximate surface area is 121 Å². The lowest BCUT2D eigenvalue weighted by Gasteiger charge is -2.19. The molecule has 0 amide bonds. The van der Waals surface area contributed by atoms with Gasteiger partial charge in [-0.1, -0.05) is 6.07 Å². The highest BCUT2D eigenvalue weighted by atomic mass is 32.1. The fraction of sp³-hybridized carbons (Fsp3) is 0.500. The van der Waals surface area contributed by atoms with E-state index in [1.165, 1.54) is 17.7 Å². The maximum atomic E-state index is 9.94. The van der Waals surface area contributed by atoms with E-state index < -0.39 is 0 Å². The first kappa shape index (κ1) is 13.2. The van der Waals surface area contributed by atoms with Crippen LogP contribution in [-0.4, -0.2) is 34.7 Å². The standard InChI is InChI=1S/C14H18N2OS2/c1-16(8-12(17)10-4-5-10)7-11-9-19-14(15-11)13-3-2-6-18-13/h2-3,6,9-10,12,17H,4-5,7-8H2,1H3. The van der Waals surface area contributed by atoms with Crippen LogP contribution in [0, 0.1) is 5.92 Å². The average molecular weight is 294 g/mol. The van der Waals surface area contributed by atoms with Crippen LogP contribution in [0.3, 0.4) is 0 Å². The van der Waals surface area contributed by atoms with Crippen LogP contribution in [0.15, 0.2) is 22.9 Å². The molecule has 0 bridgehead atoms. The molecule has 0 aromatic carbocycles. The van der Waals surface area contributed by atoms with E-state index in [0.29, 0.717) is 5.92 Å². The molecule has 1 N–H and O–H groups in total. The summed E-state index contributed by atoms with van der Waals surface area (Å²) in [6, 6.07) is 4.16. The van der Waals surface area contributed by atoms with E-state index >= 15 is 0 Å². The van der Waals surface area contributed by atoms with Gasteiger partial charge in [0.25, 0.3) is 0 Å². The highest BCUT2D eigenvalue weighted by Gasteiger charge is 2.30. The number of likely N-dealkylation sites (N-methyl/N-ethyl adjacent to an activating group) is 1. The predicted octanol–water partition coefficient (Wildman–Crippen LogP) is 3.07. The minimum absolute atomic E-state index is 0.166. The van der Waals surface area contributed by atoms with Crippen molar-refractivity contribution in [2.45, 2.75) is 25.5 Å². The monoisotopic (exact) mass is 294 g/mol. The highest BCUT2D eigenvalue weighted by molar-refractivity contribution is 7.20. The summed E-state index contributed by atoms with van der Waals surface area (Å²) in [6.45, 7) is 1.56. The molecule has 1 aliphatic carbocycles. The normalized spacial score (nSPS) is 17.0. The van der Waals surface area contributed by atoms with Crippen LogP contribution in [0.2, 0.25) is 0 Å². The van der Waals surface area contributed by atoms with Crippen molar-refractivity contribution >= 4 is 22.7 Å². The van der Waals surface area contributed by atoms with Crippen LogP contribution in [0.25, 0.3) is 9.88 Å². The molecule has 5 heteroatoms. The first-order valence-corrected chi connectivity index (χ1v) is 8.33. The van der Waals surface area contributed by atoms with E-state index in [-0.39, 0.29) is 6.10 Å². The van der Waals surface area contributed by atoms with Gasteiger partial charge in [-0.05, 0) is 37.3 Å². The van der Waals surface area contributed by atoms with Gasteiger partial charge in [-0.15, -0.1) is 22.7 Å². The van der Waals surface area contributed by atoms with E-state index in [1.807, 2.05) is 0 Å². The quantitative estimate of drug-likeness (QED) is 0.889. The molecule has 1 unspecified atom stereocenters. The zero-order valence-corrected chi connectivity index (χ0v) is 12.6. The highest BCUT2D eigenvalue weighted by Crippen LogP contribution is 2.33. The van der Waals surface area contributed by atoms with E-state index in [0.717, 1.165) is 23.8 Å². The summed E-state index contributed by atoms with van der Waals surface area (Å²) in [5, 5.41) is 15.2. The molecule has 1 atom stereocenters. The number of aromatic nitrogens is 1. The number of thiazole rings is 1.